The molecule has 1 atom stereocenters. The predicted octanol–water partition coefficient (Wildman–Crippen LogP) is 4.57. The first kappa shape index (κ1) is 12.8. The van der Waals surface area contributed by atoms with Crippen LogP contribution in [0.4, 0.5) is 0 Å². The lowest BCUT2D eigenvalue weighted by atomic mass is 10.0. The van der Waals surface area contributed by atoms with Gasteiger partial charge in [0.15, 0.2) is 0 Å². The Morgan fingerprint density at radius 1 is 1.27 bits per heavy atom. The Balaban J connectivity index is 2.61. The predicted molar refractivity (Wildman–Crippen MR) is 67.5 cm³/mol. The van der Waals surface area contributed by atoms with E-state index in [0.717, 1.165) is 18.4 Å². The molecule has 0 saturated heterocycles. The van der Waals surface area contributed by atoms with Crippen LogP contribution < -0.4 is 5.73 Å². The molecule has 84 valence electrons. The molecular weight excluding hydrogens is 229 g/mol. The minimum Gasteiger partial charge on any atom is -0.324 e. The van der Waals surface area contributed by atoms with Gasteiger partial charge in [-0.05, 0) is 24.1 Å². The minimum atomic E-state index is 0.0290. The summed E-state index contributed by atoms with van der Waals surface area (Å²) in [6.45, 7) is 2.18. The Bertz CT molecular complexity index is 312. The van der Waals surface area contributed by atoms with Crippen molar-refractivity contribution in [2.24, 2.45) is 5.73 Å². The zero-order valence-corrected chi connectivity index (χ0v) is 10.5. The Hall–Kier alpha value is -0.240. The first-order chi connectivity index (χ1) is 7.15. The fraction of sp³-hybridized carbons (Fsp3) is 0.500. The quantitative estimate of drug-likeness (QED) is 0.756. The van der Waals surface area contributed by atoms with Crippen molar-refractivity contribution in [3.05, 3.63) is 33.8 Å². The van der Waals surface area contributed by atoms with Gasteiger partial charge in [-0.2, -0.15) is 0 Å². The van der Waals surface area contributed by atoms with E-state index in [1.807, 2.05) is 12.1 Å². The SMILES string of the molecule is CCCCC[C@H](N)c1ccc(Cl)cc1Cl. The molecule has 0 spiro atoms. The summed E-state index contributed by atoms with van der Waals surface area (Å²) in [4.78, 5) is 0. The van der Waals surface area contributed by atoms with E-state index in [9.17, 15) is 0 Å². The summed E-state index contributed by atoms with van der Waals surface area (Å²) in [6.07, 6.45) is 4.56. The second kappa shape index (κ2) is 6.37. The van der Waals surface area contributed by atoms with Crippen molar-refractivity contribution in [1.82, 2.24) is 0 Å². The summed E-state index contributed by atoms with van der Waals surface area (Å²) < 4.78 is 0. The second-order valence-electron chi connectivity index (χ2n) is 3.77. The van der Waals surface area contributed by atoms with Crippen LogP contribution in [0, 0.1) is 0 Å². The maximum atomic E-state index is 6.07. The van der Waals surface area contributed by atoms with Crippen LogP contribution in [0.25, 0.3) is 0 Å². The van der Waals surface area contributed by atoms with E-state index in [1.165, 1.54) is 12.8 Å². The molecule has 0 aliphatic carbocycles. The number of nitrogens with two attached hydrogens (primary N) is 1. The summed E-state index contributed by atoms with van der Waals surface area (Å²) in [6, 6.07) is 5.53. The summed E-state index contributed by atoms with van der Waals surface area (Å²) in [5, 5.41) is 1.33. The summed E-state index contributed by atoms with van der Waals surface area (Å²) in [7, 11) is 0. The molecule has 0 saturated carbocycles. The minimum absolute atomic E-state index is 0.0290. The van der Waals surface area contributed by atoms with Crippen LogP contribution >= 0.6 is 23.2 Å². The van der Waals surface area contributed by atoms with Crippen LogP contribution in [-0.4, -0.2) is 0 Å². The highest BCUT2D eigenvalue weighted by molar-refractivity contribution is 6.35. The standard InChI is InChI=1S/C12H17Cl2N/c1-2-3-4-5-12(15)10-7-6-9(13)8-11(10)14/h6-8,12H,2-5,15H2,1H3/t12-/m0/s1. The highest BCUT2D eigenvalue weighted by Gasteiger charge is 2.09. The first-order valence-corrected chi connectivity index (χ1v) is 6.11. The van der Waals surface area contributed by atoms with Gasteiger partial charge in [0.1, 0.15) is 0 Å². The third-order valence-corrected chi connectivity index (χ3v) is 3.04. The molecular formula is C12H17Cl2N. The van der Waals surface area contributed by atoms with Crippen LogP contribution in [0.1, 0.15) is 44.2 Å². The largest absolute Gasteiger partial charge is 0.324 e. The second-order valence-corrected chi connectivity index (χ2v) is 4.61. The van der Waals surface area contributed by atoms with Crippen molar-refractivity contribution in [1.29, 1.82) is 0 Å². The van der Waals surface area contributed by atoms with E-state index >= 15 is 0 Å². The molecule has 0 aliphatic rings. The summed E-state index contributed by atoms with van der Waals surface area (Å²) >= 11 is 11.9. The van der Waals surface area contributed by atoms with E-state index in [-0.39, 0.29) is 6.04 Å². The first-order valence-electron chi connectivity index (χ1n) is 5.35. The van der Waals surface area contributed by atoms with Crippen molar-refractivity contribution in [3.63, 3.8) is 0 Å². The number of rotatable bonds is 5. The molecule has 0 radical (unpaired) electrons. The molecule has 15 heavy (non-hydrogen) atoms. The highest BCUT2D eigenvalue weighted by Crippen LogP contribution is 2.27. The third-order valence-electron chi connectivity index (χ3n) is 2.48. The van der Waals surface area contributed by atoms with Gasteiger partial charge in [-0.15, -0.1) is 0 Å². The Kier molecular flexibility index (Phi) is 5.44. The van der Waals surface area contributed by atoms with Crippen molar-refractivity contribution in [2.75, 3.05) is 0 Å². The number of hydrogen-bond acceptors (Lipinski definition) is 1. The average molecular weight is 246 g/mol. The topological polar surface area (TPSA) is 26.0 Å². The number of halogens is 2. The molecule has 0 amide bonds. The van der Waals surface area contributed by atoms with Gasteiger partial charge in [0.05, 0.1) is 0 Å². The Morgan fingerprint density at radius 3 is 2.60 bits per heavy atom. The third kappa shape index (κ3) is 4.02. The van der Waals surface area contributed by atoms with Gasteiger partial charge >= 0.3 is 0 Å². The lowest BCUT2D eigenvalue weighted by molar-refractivity contribution is 0.581. The molecule has 1 rings (SSSR count). The maximum Gasteiger partial charge on any atom is 0.0468 e. The highest BCUT2D eigenvalue weighted by atomic mass is 35.5. The van der Waals surface area contributed by atoms with Crippen LogP contribution in [0.3, 0.4) is 0 Å². The fourth-order valence-electron chi connectivity index (χ4n) is 1.57. The number of unbranched alkanes of at least 4 members (excludes halogenated alkanes) is 2. The van der Waals surface area contributed by atoms with Crippen molar-refractivity contribution in [3.8, 4) is 0 Å². The summed E-state index contributed by atoms with van der Waals surface area (Å²) in [5.74, 6) is 0. The number of benzene rings is 1. The number of hydrogen-bond donors (Lipinski definition) is 1. The van der Waals surface area contributed by atoms with Crippen LogP contribution in [0.2, 0.25) is 10.0 Å². The average Bonchev–Trinajstić information content (AvgIpc) is 2.17. The molecule has 1 aromatic carbocycles. The van der Waals surface area contributed by atoms with Gasteiger partial charge in [-0.3, -0.25) is 0 Å². The zero-order chi connectivity index (χ0) is 11.3. The van der Waals surface area contributed by atoms with E-state index in [2.05, 4.69) is 6.92 Å². The van der Waals surface area contributed by atoms with Gasteiger partial charge in [0.25, 0.3) is 0 Å². The molecule has 0 bridgehead atoms. The van der Waals surface area contributed by atoms with Crippen LogP contribution in [-0.2, 0) is 0 Å². The van der Waals surface area contributed by atoms with Crippen molar-refractivity contribution < 1.29 is 0 Å². The van der Waals surface area contributed by atoms with E-state index in [1.54, 1.807) is 6.07 Å². The van der Waals surface area contributed by atoms with Crippen LogP contribution in [0.15, 0.2) is 18.2 Å². The molecule has 2 N–H and O–H groups in total. The molecule has 3 heteroatoms. The maximum absolute atomic E-state index is 6.07. The monoisotopic (exact) mass is 245 g/mol. The van der Waals surface area contributed by atoms with Gasteiger partial charge in [-0.25, -0.2) is 0 Å². The van der Waals surface area contributed by atoms with Crippen LogP contribution in [0.5, 0.6) is 0 Å². The molecule has 0 fully saturated rings. The van der Waals surface area contributed by atoms with Gasteiger partial charge in [0.2, 0.25) is 0 Å². The van der Waals surface area contributed by atoms with E-state index < -0.39 is 0 Å². The van der Waals surface area contributed by atoms with Gasteiger partial charge in [-0.1, -0.05) is 55.5 Å². The van der Waals surface area contributed by atoms with E-state index in [0.29, 0.717) is 10.0 Å². The van der Waals surface area contributed by atoms with E-state index in [4.69, 9.17) is 28.9 Å². The molecule has 0 unspecified atom stereocenters. The van der Waals surface area contributed by atoms with Gasteiger partial charge < -0.3 is 5.73 Å². The molecule has 1 nitrogen and oxygen atoms in total. The Labute approximate surface area is 102 Å². The summed E-state index contributed by atoms with van der Waals surface area (Å²) in [5.41, 5.74) is 7.06. The Morgan fingerprint density at radius 2 is 2.00 bits per heavy atom. The lowest BCUT2D eigenvalue weighted by Crippen LogP contribution is -2.10. The molecule has 0 heterocycles. The smallest absolute Gasteiger partial charge is 0.0468 e. The molecule has 0 aromatic heterocycles. The van der Waals surface area contributed by atoms with Gasteiger partial charge in [0, 0.05) is 16.1 Å². The normalized spacial score (nSPS) is 12.8. The van der Waals surface area contributed by atoms with Crippen molar-refractivity contribution in [2.45, 2.75) is 38.6 Å². The molecule has 0 aliphatic heterocycles. The lowest BCUT2D eigenvalue weighted by Gasteiger charge is -2.13. The molecule has 1 aromatic rings. The zero-order valence-electron chi connectivity index (χ0n) is 8.97. The van der Waals surface area contributed by atoms with Crippen molar-refractivity contribution >= 4 is 23.2 Å². The fourth-order valence-corrected chi connectivity index (χ4v) is 2.12.